The first kappa shape index (κ1) is 24.5. The topological polar surface area (TPSA) is 170 Å². The van der Waals surface area contributed by atoms with Crippen LogP contribution in [0.1, 0.15) is 64.0 Å². The lowest BCUT2D eigenvalue weighted by molar-refractivity contribution is 0.386. The number of unbranched alkanes of at least 4 members (excludes halogenated alkanes) is 1. The molecule has 0 unspecified atom stereocenters. The third-order valence-electron chi connectivity index (χ3n) is 6.57. The Labute approximate surface area is 208 Å². The maximum atomic E-state index is 12.2. The maximum Gasteiger partial charge on any atom is 0.326 e. The summed E-state index contributed by atoms with van der Waals surface area (Å²) < 4.78 is 29.0. The molecule has 3 heterocycles. The fraction of sp³-hybridized carbons (Fsp3) is 0.565. The van der Waals surface area contributed by atoms with Crippen molar-refractivity contribution < 1.29 is 13.5 Å². The SMILES string of the molecule is CCCCS(=O)(=O)NC1CCC(Nc2cc(=NC3CC3)n3ncc(=Cc4[nH]c(=O)[nH]c4O)c3n2)CC1. The number of sulfonamides is 1. The normalized spacial score (nSPS) is 21.9. The van der Waals surface area contributed by atoms with Crippen LogP contribution in [-0.2, 0) is 10.0 Å². The Balaban J connectivity index is 1.37. The van der Waals surface area contributed by atoms with Gasteiger partial charge in [0.15, 0.2) is 11.1 Å². The van der Waals surface area contributed by atoms with Crippen molar-refractivity contribution in [2.24, 2.45) is 4.99 Å². The van der Waals surface area contributed by atoms with Crippen molar-refractivity contribution in [3.8, 4) is 5.88 Å². The summed E-state index contributed by atoms with van der Waals surface area (Å²) in [4.78, 5) is 25.9. The Bertz CT molecular complexity index is 1510. The largest absolute Gasteiger partial charge is 0.493 e. The van der Waals surface area contributed by atoms with E-state index in [9.17, 15) is 18.3 Å². The quantitative estimate of drug-likeness (QED) is 0.276. The van der Waals surface area contributed by atoms with E-state index < -0.39 is 15.7 Å². The van der Waals surface area contributed by atoms with Gasteiger partial charge in [-0.2, -0.15) is 9.61 Å². The molecule has 0 saturated heterocycles. The highest BCUT2D eigenvalue weighted by molar-refractivity contribution is 7.89. The van der Waals surface area contributed by atoms with Crippen molar-refractivity contribution >= 4 is 27.6 Å². The van der Waals surface area contributed by atoms with Crippen molar-refractivity contribution in [3.63, 3.8) is 0 Å². The summed E-state index contributed by atoms with van der Waals surface area (Å²) in [5.74, 6) is 0.590. The predicted octanol–water partition coefficient (Wildman–Crippen LogP) is 0.505. The fourth-order valence-corrected chi connectivity index (χ4v) is 6.01. The number of H-pyrrole nitrogens is 2. The molecule has 2 aliphatic carbocycles. The van der Waals surface area contributed by atoms with Crippen molar-refractivity contribution in [1.29, 1.82) is 0 Å². The number of anilines is 1. The summed E-state index contributed by atoms with van der Waals surface area (Å²) >= 11 is 0. The first-order valence-corrected chi connectivity index (χ1v) is 14.2. The lowest BCUT2D eigenvalue weighted by Gasteiger charge is -2.29. The Hall–Kier alpha value is -3.19. The molecule has 5 N–H and O–H groups in total. The summed E-state index contributed by atoms with van der Waals surface area (Å²) in [6.45, 7) is 1.98. The van der Waals surface area contributed by atoms with Gasteiger partial charge in [0.05, 0.1) is 18.0 Å². The molecule has 5 rings (SSSR count). The highest BCUT2D eigenvalue weighted by Gasteiger charge is 2.25. The molecule has 13 heteroatoms. The maximum absolute atomic E-state index is 12.2. The summed E-state index contributed by atoms with van der Waals surface area (Å²) in [6.07, 6.45) is 10.0. The number of fused-ring (bicyclic) bond motifs is 1. The molecule has 0 atom stereocenters. The minimum absolute atomic E-state index is 0.0343. The Kier molecular flexibility index (Phi) is 6.84. The molecule has 0 amide bonds. The lowest BCUT2D eigenvalue weighted by Crippen LogP contribution is -2.41. The smallest absolute Gasteiger partial charge is 0.326 e. The van der Waals surface area contributed by atoms with Crippen LogP contribution in [0, 0.1) is 0 Å². The predicted molar refractivity (Wildman–Crippen MR) is 135 cm³/mol. The molecule has 2 fully saturated rings. The Morgan fingerprint density at radius 2 is 1.94 bits per heavy atom. The second-order valence-corrected chi connectivity index (χ2v) is 11.5. The monoisotopic (exact) mass is 516 g/mol. The van der Waals surface area contributed by atoms with E-state index in [1.54, 1.807) is 16.8 Å². The number of aromatic nitrogens is 5. The molecule has 0 aliphatic heterocycles. The Morgan fingerprint density at radius 1 is 1.19 bits per heavy atom. The van der Waals surface area contributed by atoms with E-state index in [-0.39, 0.29) is 35.5 Å². The molecule has 0 aromatic carbocycles. The van der Waals surface area contributed by atoms with E-state index >= 15 is 0 Å². The van der Waals surface area contributed by atoms with Crippen molar-refractivity contribution in [2.45, 2.75) is 76.4 Å². The summed E-state index contributed by atoms with van der Waals surface area (Å²) in [7, 11) is -3.23. The number of hydrogen-bond acceptors (Lipinski definition) is 8. The van der Waals surface area contributed by atoms with Gasteiger partial charge in [0.25, 0.3) is 0 Å². The van der Waals surface area contributed by atoms with Crippen LogP contribution >= 0.6 is 0 Å². The molecule has 0 radical (unpaired) electrons. The van der Waals surface area contributed by atoms with Crippen molar-refractivity contribution in [2.75, 3.05) is 11.1 Å². The number of aromatic amines is 2. The van der Waals surface area contributed by atoms with Crippen LogP contribution in [0.4, 0.5) is 5.82 Å². The Morgan fingerprint density at radius 3 is 2.61 bits per heavy atom. The van der Waals surface area contributed by atoms with E-state index in [4.69, 9.17) is 9.98 Å². The molecular weight excluding hydrogens is 484 g/mol. The highest BCUT2D eigenvalue weighted by Crippen LogP contribution is 2.24. The van der Waals surface area contributed by atoms with Gasteiger partial charge in [-0.05, 0) is 51.0 Å². The molecule has 3 aromatic heterocycles. The van der Waals surface area contributed by atoms with Crippen LogP contribution in [0.3, 0.4) is 0 Å². The minimum Gasteiger partial charge on any atom is -0.493 e. The van der Waals surface area contributed by atoms with Gasteiger partial charge in [0.2, 0.25) is 15.9 Å². The first-order chi connectivity index (χ1) is 17.3. The molecular formula is C23H32N8O4S. The summed E-state index contributed by atoms with van der Waals surface area (Å²) in [5, 5.41) is 18.5. The number of nitrogens with zero attached hydrogens (tertiary/aromatic N) is 4. The first-order valence-electron chi connectivity index (χ1n) is 12.5. The van der Waals surface area contributed by atoms with Gasteiger partial charge < -0.3 is 15.4 Å². The molecule has 194 valence electrons. The van der Waals surface area contributed by atoms with E-state index in [0.29, 0.717) is 28.6 Å². The third kappa shape index (κ3) is 5.78. The molecule has 0 bridgehead atoms. The minimum atomic E-state index is -3.23. The zero-order valence-electron chi connectivity index (χ0n) is 20.2. The molecule has 2 aliphatic rings. The summed E-state index contributed by atoms with van der Waals surface area (Å²) in [6, 6.07) is 2.29. The molecule has 2 saturated carbocycles. The number of imidazole rings is 1. The van der Waals surface area contributed by atoms with Gasteiger partial charge in [-0.15, -0.1) is 0 Å². The average molecular weight is 517 g/mol. The fourth-order valence-electron chi connectivity index (χ4n) is 4.48. The molecule has 36 heavy (non-hydrogen) atoms. The molecule has 0 spiro atoms. The van der Waals surface area contributed by atoms with E-state index in [1.807, 2.05) is 13.0 Å². The summed E-state index contributed by atoms with van der Waals surface area (Å²) in [5.41, 5.74) is 0.987. The highest BCUT2D eigenvalue weighted by atomic mass is 32.2. The van der Waals surface area contributed by atoms with Crippen LogP contribution in [-0.4, -0.2) is 62.0 Å². The van der Waals surface area contributed by atoms with Gasteiger partial charge >= 0.3 is 5.69 Å². The lowest BCUT2D eigenvalue weighted by atomic mass is 9.92. The van der Waals surface area contributed by atoms with Crippen molar-refractivity contribution in [3.05, 3.63) is 39.1 Å². The number of aromatic hydroxyl groups is 1. The second kappa shape index (κ2) is 10.1. The van der Waals surface area contributed by atoms with Crippen molar-refractivity contribution in [1.82, 2.24) is 29.3 Å². The van der Waals surface area contributed by atoms with Gasteiger partial charge in [0, 0.05) is 23.4 Å². The van der Waals surface area contributed by atoms with Crippen LogP contribution in [0.2, 0.25) is 0 Å². The van der Waals surface area contributed by atoms with Crippen LogP contribution < -0.4 is 26.4 Å². The van der Waals surface area contributed by atoms with Crippen LogP contribution in [0.5, 0.6) is 5.88 Å². The van der Waals surface area contributed by atoms with Gasteiger partial charge in [-0.1, -0.05) is 13.3 Å². The zero-order valence-corrected chi connectivity index (χ0v) is 21.0. The zero-order chi connectivity index (χ0) is 25.3. The van der Waals surface area contributed by atoms with Crippen LogP contribution in [0.25, 0.3) is 11.7 Å². The van der Waals surface area contributed by atoms with Gasteiger partial charge in [0.1, 0.15) is 11.5 Å². The number of rotatable bonds is 9. The average Bonchev–Trinajstić information content (AvgIpc) is 3.47. The van der Waals surface area contributed by atoms with E-state index in [2.05, 4.69) is 25.1 Å². The third-order valence-corrected chi connectivity index (χ3v) is 8.09. The van der Waals surface area contributed by atoms with E-state index in [0.717, 1.165) is 44.9 Å². The molecule has 12 nitrogen and oxygen atoms in total. The number of nitrogens with one attached hydrogen (secondary N) is 4. The standard InChI is InChI=1S/C23H32N8O4S/c1-2-3-10-36(34,35)30-17-8-6-15(7-9-17)25-19-12-20(26-16-4-5-16)31-21(28-19)14(13-24-31)11-18-22(32)29-23(33)27-18/h11-13,15-17,25,30,32H,2-10H2,1H3,(H2,27,29,33). The number of hydrogen-bond donors (Lipinski definition) is 5. The molecule has 3 aromatic rings. The van der Waals surface area contributed by atoms with Crippen LogP contribution in [0.15, 0.2) is 22.1 Å². The van der Waals surface area contributed by atoms with Gasteiger partial charge in [-0.25, -0.2) is 22.9 Å². The van der Waals surface area contributed by atoms with E-state index in [1.165, 1.54) is 0 Å². The van der Waals surface area contributed by atoms with Gasteiger partial charge in [-0.3, -0.25) is 9.98 Å². The second-order valence-electron chi connectivity index (χ2n) is 9.66.